The Morgan fingerprint density at radius 1 is 1.11 bits per heavy atom. The molecule has 0 radical (unpaired) electrons. The van der Waals surface area contributed by atoms with Crippen LogP contribution in [0.3, 0.4) is 0 Å². The molecule has 1 saturated heterocycles. The van der Waals surface area contributed by atoms with Gasteiger partial charge in [-0.1, -0.05) is 0 Å². The van der Waals surface area contributed by atoms with E-state index in [9.17, 15) is 14.0 Å². The van der Waals surface area contributed by atoms with Gasteiger partial charge in [0.05, 0.1) is 17.8 Å². The van der Waals surface area contributed by atoms with Crippen LogP contribution >= 0.6 is 0 Å². The highest BCUT2D eigenvalue weighted by molar-refractivity contribution is 6.03. The maximum Gasteiger partial charge on any atom is 0.410 e. The molecule has 3 amide bonds. The molecule has 1 N–H and O–H groups in total. The molecular weight excluding hydrogens is 491 g/mol. The summed E-state index contributed by atoms with van der Waals surface area (Å²) < 4.78 is 20.3. The van der Waals surface area contributed by atoms with E-state index >= 15 is 0 Å². The van der Waals surface area contributed by atoms with Crippen molar-refractivity contribution in [3.05, 3.63) is 35.8 Å². The molecule has 2 aliphatic rings. The zero-order chi connectivity index (χ0) is 27.4. The molecule has 0 saturated carbocycles. The molecule has 0 aliphatic carbocycles. The van der Waals surface area contributed by atoms with Crippen molar-refractivity contribution in [2.24, 2.45) is 7.05 Å². The highest BCUT2D eigenvalue weighted by Gasteiger charge is 2.37. The van der Waals surface area contributed by atoms with Crippen molar-refractivity contribution in [3.8, 4) is 0 Å². The summed E-state index contributed by atoms with van der Waals surface area (Å²) >= 11 is 0. The van der Waals surface area contributed by atoms with Crippen LogP contribution in [0.15, 0.2) is 24.4 Å². The fourth-order valence-corrected chi connectivity index (χ4v) is 5.29. The van der Waals surface area contributed by atoms with Gasteiger partial charge in [0.15, 0.2) is 0 Å². The lowest BCUT2D eigenvalue weighted by Crippen LogP contribution is -2.59. The van der Waals surface area contributed by atoms with Gasteiger partial charge in [-0.25, -0.2) is 19.0 Å². The van der Waals surface area contributed by atoms with E-state index in [1.54, 1.807) is 18.1 Å². The number of nitrogens with one attached hydrogen (secondary N) is 1. The van der Waals surface area contributed by atoms with Crippen LogP contribution in [0, 0.1) is 5.82 Å². The third-order valence-electron chi connectivity index (χ3n) is 6.77. The molecule has 2 atom stereocenters. The first kappa shape index (κ1) is 25.7. The summed E-state index contributed by atoms with van der Waals surface area (Å²) in [4.78, 5) is 37.4. The number of aryl methyl sites for hydroxylation is 1. The van der Waals surface area contributed by atoms with Gasteiger partial charge in [0.2, 0.25) is 0 Å². The van der Waals surface area contributed by atoms with Crippen LogP contribution in [0.5, 0.6) is 0 Å². The average molecular weight is 525 g/mol. The first-order valence-electron chi connectivity index (χ1n) is 12.7. The predicted molar refractivity (Wildman–Crippen MR) is 142 cm³/mol. The quantitative estimate of drug-likeness (QED) is 0.541. The number of halogens is 1. The second-order valence-electron chi connectivity index (χ2n) is 11.0. The minimum absolute atomic E-state index is 0.0357. The van der Waals surface area contributed by atoms with Gasteiger partial charge in [0.25, 0.3) is 0 Å². The predicted octanol–water partition coefficient (Wildman–Crippen LogP) is 3.93. The zero-order valence-electron chi connectivity index (χ0n) is 22.5. The number of carbonyl (C=O) groups excluding carboxylic acids is 2. The van der Waals surface area contributed by atoms with Gasteiger partial charge in [-0.2, -0.15) is 15.0 Å². The van der Waals surface area contributed by atoms with Gasteiger partial charge in [0, 0.05) is 50.2 Å². The molecule has 38 heavy (non-hydrogen) atoms. The number of pyridine rings is 1. The van der Waals surface area contributed by atoms with E-state index in [1.807, 2.05) is 40.7 Å². The van der Waals surface area contributed by atoms with E-state index in [2.05, 4.69) is 25.4 Å². The van der Waals surface area contributed by atoms with Gasteiger partial charge < -0.3 is 15.0 Å². The van der Waals surface area contributed by atoms with Crippen LogP contribution in [-0.2, 0) is 18.2 Å². The molecule has 1 aromatic carbocycles. The molecule has 0 bridgehead atoms. The lowest BCUT2D eigenvalue weighted by Gasteiger charge is -2.45. The van der Waals surface area contributed by atoms with Crippen molar-refractivity contribution in [1.29, 1.82) is 0 Å². The molecule has 202 valence electrons. The van der Waals surface area contributed by atoms with E-state index in [0.29, 0.717) is 42.9 Å². The van der Waals surface area contributed by atoms with Crippen molar-refractivity contribution in [2.75, 3.05) is 34.8 Å². The SMILES string of the molecule is C[C@@H]1CN(c2ccnc3c2CCN3C(=O)Nc2cc3nn(C)nc3cc2F)C[C@H](C)N1C(=O)OC(C)(C)C. The number of benzene rings is 1. The van der Waals surface area contributed by atoms with E-state index in [0.717, 1.165) is 11.3 Å². The number of hydrogen-bond donors (Lipinski definition) is 1. The van der Waals surface area contributed by atoms with Crippen molar-refractivity contribution in [1.82, 2.24) is 24.9 Å². The molecule has 4 heterocycles. The summed E-state index contributed by atoms with van der Waals surface area (Å²) in [6.07, 6.45) is 1.99. The van der Waals surface area contributed by atoms with E-state index in [4.69, 9.17) is 4.74 Å². The van der Waals surface area contributed by atoms with Crippen molar-refractivity contribution in [2.45, 2.75) is 58.7 Å². The third kappa shape index (κ3) is 4.82. The first-order valence-corrected chi connectivity index (χ1v) is 12.7. The maximum absolute atomic E-state index is 14.7. The minimum atomic E-state index is -0.585. The number of fused-ring (bicyclic) bond motifs is 2. The lowest BCUT2D eigenvalue weighted by molar-refractivity contribution is 0.00565. The highest BCUT2D eigenvalue weighted by atomic mass is 19.1. The van der Waals surface area contributed by atoms with E-state index in [1.165, 1.54) is 21.8 Å². The summed E-state index contributed by atoms with van der Waals surface area (Å²) in [6.45, 7) is 11.3. The van der Waals surface area contributed by atoms with Crippen molar-refractivity contribution >= 4 is 40.4 Å². The van der Waals surface area contributed by atoms with Gasteiger partial charge >= 0.3 is 12.1 Å². The smallest absolute Gasteiger partial charge is 0.410 e. The van der Waals surface area contributed by atoms with Crippen LogP contribution in [-0.4, -0.2) is 74.3 Å². The summed E-state index contributed by atoms with van der Waals surface area (Å²) in [5, 5.41) is 11.0. The molecule has 11 nitrogen and oxygen atoms in total. The monoisotopic (exact) mass is 524 g/mol. The number of carbonyl (C=O) groups is 2. The van der Waals surface area contributed by atoms with Gasteiger partial charge in [-0.05, 0) is 53.2 Å². The Morgan fingerprint density at radius 2 is 1.76 bits per heavy atom. The molecule has 2 aromatic heterocycles. The first-order chi connectivity index (χ1) is 17.9. The number of ether oxygens (including phenoxy) is 1. The second kappa shape index (κ2) is 9.41. The Hall–Kier alpha value is -3.96. The molecule has 2 aliphatic heterocycles. The number of rotatable bonds is 2. The highest BCUT2D eigenvalue weighted by Crippen LogP contribution is 2.36. The fourth-order valence-electron chi connectivity index (χ4n) is 5.29. The van der Waals surface area contributed by atoms with Gasteiger partial charge in [-0.3, -0.25) is 9.80 Å². The minimum Gasteiger partial charge on any atom is -0.444 e. The Balaban J connectivity index is 1.33. The summed E-state index contributed by atoms with van der Waals surface area (Å²) in [7, 11) is 1.65. The topological polar surface area (TPSA) is 109 Å². The van der Waals surface area contributed by atoms with E-state index in [-0.39, 0.29) is 23.9 Å². The lowest BCUT2D eigenvalue weighted by atomic mass is 10.1. The molecule has 5 rings (SSSR count). The average Bonchev–Trinajstić information content (AvgIpc) is 3.39. The summed E-state index contributed by atoms with van der Waals surface area (Å²) in [6, 6.07) is 4.07. The van der Waals surface area contributed by atoms with E-state index < -0.39 is 17.4 Å². The molecule has 0 spiro atoms. The fraction of sp³-hybridized carbons (Fsp3) is 0.500. The van der Waals surface area contributed by atoms with Crippen molar-refractivity contribution < 1.29 is 18.7 Å². The largest absolute Gasteiger partial charge is 0.444 e. The molecule has 1 fully saturated rings. The van der Waals surface area contributed by atoms with Gasteiger partial charge in [-0.15, -0.1) is 0 Å². The number of aromatic nitrogens is 4. The normalized spacial score (nSPS) is 19.6. The Labute approximate surface area is 220 Å². The zero-order valence-corrected chi connectivity index (χ0v) is 22.5. The molecular formula is C26H33FN8O3. The number of nitrogens with zero attached hydrogens (tertiary/aromatic N) is 7. The number of anilines is 3. The van der Waals surface area contributed by atoms with Crippen LogP contribution < -0.4 is 15.1 Å². The van der Waals surface area contributed by atoms with Crippen LogP contribution in [0.2, 0.25) is 0 Å². The third-order valence-corrected chi connectivity index (χ3v) is 6.77. The van der Waals surface area contributed by atoms with Crippen molar-refractivity contribution in [3.63, 3.8) is 0 Å². The Kier molecular flexibility index (Phi) is 6.36. The Bertz CT molecular complexity index is 1390. The summed E-state index contributed by atoms with van der Waals surface area (Å²) in [5.74, 6) is -0.0332. The number of urea groups is 1. The van der Waals surface area contributed by atoms with Crippen LogP contribution in [0.25, 0.3) is 11.0 Å². The number of amides is 3. The number of hydrogen-bond acceptors (Lipinski definition) is 7. The second-order valence-corrected chi connectivity index (χ2v) is 11.0. The van der Waals surface area contributed by atoms with Crippen LogP contribution in [0.4, 0.5) is 31.2 Å². The number of piperazine rings is 1. The molecule has 0 unspecified atom stereocenters. The molecule has 3 aromatic rings. The van der Waals surface area contributed by atoms with Gasteiger partial charge in [0.1, 0.15) is 28.3 Å². The maximum atomic E-state index is 14.7. The van der Waals surface area contributed by atoms with Crippen LogP contribution in [0.1, 0.15) is 40.2 Å². The summed E-state index contributed by atoms with van der Waals surface area (Å²) in [5.41, 5.74) is 2.31. The standard InChI is InChI=1S/C26H33FN8O3/c1-15-13-33(14-16(2)35(15)25(37)38-26(3,4)5)22-7-9-28-23-17(22)8-10-34(23)24(36)29-19-12-21-20(11-18(19)27)30-32(6)31-21/h7,9,11-12,15-16H,8,10,13-14H2,1-6H3,(H,29,36)/t15-,16+. The Morgan fingerprint density at radius 3 is 2.42 bits per heavy atom. The molecule has 12 heteroatoms.